The van der Waals surface area contributed by atoms with E-state index in [1.165, 1.54) is 11.3 Å². The van der Waals surface area contributed by atoms with Crippen molar-refractivity contribution in [1.29, 1.82) is 0 Å². The van der Waals surface area contributed by atoms with Crippen LogP contribution in [0.4, 0.5) is 5.82 Å². The van der Waals surface area contributed by atoms with E-state index in [1.807, 2.05) is 36.7 Å². The minimum absolute atomic E-state index is 0.652. The monoisotopic (exact) mass is 353 g/mol. The third-order valence-electron chi connectivity index (χ3n) is 2.71. The summed E-state index contributed by atoms with van der Waals surface area (Å²) in [7, 11) is 1.85. The molecule has 0 atom stereocenters. The maximum absolute atomic E-state index is 6.15. The predicted molar refractivity (Wildman–Crippen MR) is 85.1 cm³/mol. The molecule has 0 saturated heterocycles. The summed E-state index contributed by atoms with van der Waals surface area (Å²) in [6.07, 6.45) is 0. The van der Waals surface area contributed by atoms with E-state index in [2.05, 4.69) is 31.2 Å². The first-order chi connectivity index (χ1) is 9.19. The minimum atomic E-state index is 0.652. The molecule has 1 aromatic carbocycles. The number of thiophene rings is 1. The van der Waals surface area contributed by atoms with Crippen LogP contribution in [-0.2, 0) is 0 Å². The van der Waals surface area contributed by atoms with Gasteiger partial charge < -0.3 is 5.32 Å². The van der Waals surface area contributed by atoms with E-state index in [1.54, 1.807) is 0 Å². The van der Waals surface area contributed by atoms with Gasteiger partial charge in [-0.1, -0.05) is 27.5 Å². The molecule has 0 radical (unpaired) electrons. The largest absolute Gasteiger partial charge is 0.373 e. The van der Waals surface area contributed by atoms with Crippen molar-refractivity contribution in [2.75, 3.05) is 12.4 Å². The van der Waals surface area contributed by atoms with Gasteiger partial charge in [-0.25, -0.2) is 9.97 Å². The minimum Gasteiger partial charge on any atom is -0.373 e. The van der Waals surface area contributed by atoms with Crippen molar-refractivity contribution in [2.24, 2.45) is 0 Å². The van der Waals surface area contributed by atoms with Gasteiger partial charge in [-0.3, -0.25) is 0 Å². The number of fused-ring (bicyclic) bond motifs is 1. The van der Waals surface area contributed by atoms with Gasteiger partial charge in [0.15, 0.2) is 5.82 Å². The second-order valence-corrected chi connectivity index (χ2v) is 6.14. The summed E-state index contributed by atoms with van der Waals surface area (Å²) < 4.78 is 1.00. The highest BCUT2D eigenvalue weighted by atomic mass is 79.9. The van der Waals surface area contributed by atoms with Crippen LogP contribution in [0.3, 0.4) is 0 Å². The van der Waals surface area contributed by atoms with Crippen molar-refractivity contribution in [3.05, 3.63) is 39.1 Å². The highest BCUT2D eigenvalue weighted by Crippen LogP contribution is 2.33. The number of anilines is 1. The third-order valence-corrected chi connectivity index (χ3v) is 4.55. The quantitative estimate of drug-likeness (QED) is 0.717. The zero-order valence-corrected chi connectivity index (χ0v) is 13.1. The first-order valence-corrected chi connectivity index (χ1v) is 7.62. The number of hydrogen-bond donors (Lipinski definition) is 1. The van der Waals surface area contributed by atoms with Crippen LogP contribution in [0.25, 0.3) is 21.6 Å². The molecule has 2 aromatic heterocycles. The smallest absolute Gasteiger partial charge is 0.173 e. The van der Waals surface area contributed by atoms with Crippen LogP contribution in [0.1, 0.15) is 0 Å². The Hall–Kier alpha value is -1.17. The molecule has 2 heterocycles. The molecule has 3 nitrogen and oxygen atoms in total. The molecule has 0 fully saturated rings. The summed E-state index contributed by atoms with van der Waals surface area (Å²) in [5.41, 5.74) is 0.891. The summed E-state index contributed by atoms with van der Waals surface area (Å²) >= 11 is 11.2. The van der Waals surface area contributed by atoms with Crippen molar-refractivity contribution < 1.29 is 0 Å². The van der Waals surface area contributed by atoms with Crippen molar-refractivity contribution in [3.63, 3.8) is 0 Å². The number of nitrogens with zero attached hydrogens (tertiary/aromatic N) is 2. The molecular weight excluding hydrogens is 346 g/mol. The maximum atomic E-state index is 6.15. The molecule has 19 heavy (non-hydrogen) atoms. The van der Waals surface area contributed by atoms with E-state index in [9.17, 15) is 0 Å². The van der Waals surface area contributed by atoms with Crippen LogP contribution in [0.2, 0.25) is 5.02 Å². The molecule has 0 saturated carbocycles. The van der Waals surface area contributed by atoms with Crippen molar-refractivity contribution >= 4 is 55.6 Å². The molecule has 96 valence electrons. The number of aromatic nitrogens is 2. The fourth-order valence-corrected chi connectivity index (χ4v) is 3.28. The molecule has 0 unspecified atom stereocenters. The Kier molecular flexibility index (Phi) is 3.43. The topological polar surface area (TPSA) is 37.8 Å². The number of halogens is 2. The van der Waals surface area contributed by atoms with Gasteiger partial charge in [0.2, 0.25) is 0 Å². The van der Waals surface area contributed by atoms with Crippen molar-refractivity contribution in [3.8, 4) is 10.7 Å². The lowest BCUT2D eigenvalue weighted by Gasteiger charge is -2.08. The van der Waals surface area contributed by atoms with Gasteiger partial charge >= 0.3 is 0 Å². The Morgan fingerprint density at radius 3 is 2.79 bits per heavy atom. The molecule has 0 aliphatic carbocycles. The molecule has 1 N–H and O–H groups in total. The molecule has 0 aliphatic heterocycles. The highest BCUT2D eigenvalue weighted by Gasteiger charge is 2.12. The number of hydrogen-bond acceptors (Lipinski definition) is 4. The average Bonchev–Trinajstić information content (AvgIpc) is 2.84. The fourth-order valence-electron chi connectivity index (χ4n) is 1.85. The second kappa shape index (κ2) is 5.07. The molecule has 3 aromatic rings. The van der Waals surface area contributed by atoms with Gasteiger partial charge in [0.1, 0.15) is 5.82 Å². The Morgan fingerprint density at radius 1 is 1.26 bits per heavy atom. The van der Waals surface area contributed by atoms with Crippen LogP contribution in [0.15, 0.2) is 34.1 Å². The Bertz CT molecular complexity index is 757. The maximum Gasteiger partial charge on any atom is 0.173 e. The summed E-state index contributed by atoms with van der Waals surface area (Å²) in [6.45, 7) is 0. The standard InChI is InChI=1S/C13H9BrClN3S/c1-16-12-8-6-7(14)2-3-10(8)17-13(18-12)11-9(15)4-5-19-11/h2-6H,1H3,(H,16,17,18). The van der Waals surface area contributed by atoms with Gasteiger partial charge in [0.25, 0.3) is 0 Å². The first-order valence-electron chi connectivity index (χ1n) is 5.57. The molecule has 0 bridgehead atoms. The molecular formula is C13H9BrClN3S. The summed E-state index contributed by atoms with van der Waals surface area (Å²) in [6, 6.07) is 7.79. The highest BCUT2D eigenvalue weighted by molar-refractivity contribution is 9.10. The molecule has 6 heteroatoms. The predicted octanol–water partition coefficient (Wildman–Crippen LogP) is 4.82. The Morgan fingerprint density at radius 2 is 2.11 bits per heavy atom. The molecule has 0 aliphatic rings. The lowest BCUT2D eigenvalue weighted by Crippen LogP contribution is -1.98. The summed E-state index contributed by atoms with van der Waals surface area (Å²) in [5, 5.41) is 6.71. The van der Waals surface area contributed by atoms with Crippen LogP contribution in [0.5, 0.6) is 0 Å². The number of rotatable bonds is 2. The van der Waals surface area contributed by atoms with E-state index in [-0.39, 0.29) is 0 Å². The second-order valence-electron chi connectivity index (χ2n) is 3.90. The number of benzene rings is 1. The number of nitrogens with one attached hydrogen (secondary N) is 1. The summed E-state index contributed by atoms with van der Waals surface area (Å²) in [5.74, 6) is 1.45. The van der Waals surface area contributed by atoms with E-state index in [0.29, 0.717) is 10.8 Å². The SMILES string of the molecule is CNc1nc(-c2sccc2Cl)nc2ccc(Br)cc12. The lowest BCUT2D eigenvalue weighted by molar-refractivity contribution is 1.22. The Labute approximate surface area is 127 Å². The molecule has 3 rings (SSSR count). The van der Waals surface area contributed by atoms with Crippen molar-refractivity contribution in [1.82, 2.24) is 9.97 Å². The van der Waals surface area contributed by atoms with Crippen LogP contribution < -0.4 is 5.32 Å². The van der Waals surface area contributed by atoms with Gasteiger partial charge in [-0.05, 0) is 29.6 Å². The van der Waals surface area contributed by atoms with Crippen LogP contribution in [-0.4, -0.2) is 17.0 Å². The first kappa shape index (κ1) is 12.8. The van der Waals surface area contributed by atoms with Crippen LogP contribution in [0, 0.1) is 0 Å². The Balaban J connectivity index is 2.29. The summed E-state index contributed by atoms with van der Waals surface area (Å²) in [4.78, 5) is 10.0. The zero-order chi connectivity index (χ0) is 13.4. The molecule has 0 spiro atoms. The van der Waals surface area contributed by atoms with Gasteiger partial charge in [-0.15, -0.1) is 11.3 Å². The fraction of sp³-hybridized carbons (Fsp3) is 0.0769. The van der Waals surface area contributed by atoms with E-state index in [0.717, 1.165) is 26.1 Å². The van der Waals surface area contributed by atoms with E-state index >= 15 is 0 Å². The van der Waals surface area contributed by atoms with E-state index in [4.69, 9.17) is 11.6 Å². The third kappa shape index (κ3) is 2.33. The van der Waals surface area contributed by atoms with Crippen LogP contribution >= 0.6 is 38.9 Å². The average molecular weight is 355 g/mol. The zero-order valence-electron chi connectivity index (χ0n) is 9.95. The van der Waals surface area contributed by atoms with Crippen molar-refractivity contribution in [2.45, 2.75) is 0 Å². The van der Waals surface area contributed by atoms with Gasteiger partial charge in [-0.2, -0.15) is 0 Å². The lowest BCUT2D eigenvalue weighted by atomic mass is 10.2. The van der Waals surface area contributed by atoms with E-state index < -0.39 is 0 Å². The normalized spacial score (nSPS) is 10.9. The van der Waals surface area contributed by atoms with Gasteiger partial charge in [0.05, 0.1) is 15.4 Å². The van der Waals surface area contributed by atoms with Gasteiger partial charge in [0, 0.05) is 16.9 Å². The molecule has 0 amide bonds.